The molecule has 0 spiro atoms. The van der Waals surface area contributed by atoms with Crippen LogP contribution >= 0.6 is 0 Å². The number of aliphatic hydroxyl groups excluding tert-OH is 1. The van der Waals surface area contributed by atoms with Crippen LogP contribution in [0.1, 0.15) is 49.5 Å². The van der Waals surface area contributed by atoms with Gasteiger partial charge in [-0.1, -0.05) is 37.6 Å². The van der Waals surface area contributed by atoms with Gasteiger partial charge >= 0.3 is 0 Å². The van der Waals surface area contributed by atoms with Crippen LogP contribution in [0.15, 0.2) is 18.2 Å². The van der Waals surface area contributed by atoms with Crippen molar-refractivity contribution < 1.29 is 9.84 Å². The van der Waals surface area contributed by atoms with Gasteiger partial charge in [0.2, 0.25) is 0 Å². The first kappa shape index (κ1) is 18.1. The molecule has 0 bridgehead atoms. The number of hydrogen-bond donors (Lipinski definition) is 1. The summed E-state index contributed by atoms with van der Waals surface area (Å²) in [5.41, 5.74) is 3.44. The molecule has 1 atom stereocenters. The van der Waals surface area contributed by atoms with Gasteiger partial charge < -0.3 is 9.84 Å². The summed E-state index contributed by atoms with van der Waals surface area (Å²) < 4.78 is 5.21. The van der Waals surface area contributed by atoms with E-state index in [-0.39, 0.29) is 0 Å². The van der Waals surface area contributed by atoms with E-state index in [0.29, 0.717) is 19.2 Å². The monoisotopic (exact) mass is 293 g/mol. The van der Waals surface area contributed by atoms with Gasteiger partial charge in [0.15, 0.2) is 0 Å². The van der Waals surface area contributed by atoms with Crippen molar-refractivity contribution in [2.24, 2.45) is 0 Å². The minimum absolute atomic E-state index is 0.442. The van der Waals surface area contributed by atoms with E-state index >= 15 is 0 Å². The summed E-state index contributed by atoms with van der Waals surface area (Å²) in [4.78, 5) is 2.35. The number of benzene rings is 1. The van der Waals surface area contributed by atoms with Crippen LogP contribution in [-0.4, -0.2) is 42.9 Å². The molecule has 0 amide bonds. The topological polar surface area (TPSA) is 32.7 Å². The first-order valence-corrected chi connectivity index (χ1v) is 8.01. The minimum atomic E-state index is -0.442. The number of methoxy groups -OCH3 is 1. The molecular formula is C18H31NO2. The van der Waals surface area contributed by atoms with Crippen LogP contribution in [0.25, 0.3) is 0 Å². The molecule has 0 saturated carbocycles. The fourth-order valence-electron chi connectivity index (χ4n) is 2.96. The summed E-state index contributed by atoms with van der Waals surface area (Å²) in [6.07, 6.45) is 1.75. The third-order valence-electron chi connectivity index (χ3n) is 4.23. The van der Waals surface area contributed by atoms with E-state index in [1.54, 1.807) is 7.11 Å². The number of hydrogen-bond acceptors (Lipinski definition) is 3. The van der Waals surface area contributed by atoms with Crippen molar-refractivity contribution in [2.45, 2.75) is 52.7 Å². The summed E-state index contributed by atoms with van der Waals surface area (Å²) in [6, 6.07) is 6.76. The van der Waals surface area contributed by atoms with E-state index in [1.165, 1.54) is 11.1 Å². The van der Waals surface area contributed by atoms with Crippen LogP contribution in [0.4, 0.5) is 0 Å². The zero-order valence-corrected chi connectivity index (χ0v) is 14.2. The standard InChI is InChI=1S/C18H31NO2/c1-6-16(7-2)19(10-11-21-5)13-18(20)17-9-8-14(3)12-15(17)4/h8-9,12,16,18,20H,6-7,10-11,13H2,1-5H3. The van der Waals surface area contributed by atoms with Crippen LogP contribution in [0.3, 0.4) is 0 Å². The Morgan fingerprint density at radius 2 is 1.86 bits per heavy atom. The van der Waals surface area contributed by atoms with Crippen LogP contribution in [0, 0.1) is 13.8 Å². The predicted octanol–water partition coefficient (Wildman–Crippen LogP) is 3.47. The SMILES string of the molecule is CCC(CC)N(CCOC)CC(O)c1ccc(C)cc1C. The van der Waals surface area contributed by atoms with Crippen LogP contribution in [0.2, 0.25) is 0 Å². The van der Waals surface area contributed by atoms with Crippen molar-refractivity contribution in [3.63, 3.8) is 0 Å². The van der Waals surface area contributed by atoms with Crippen molar-refractivity contribution in [3.05, 3.63) is 34.9 Å². The maximum absolute atomic E-state index is 10.6. The summed E-state index contributed by atoms with van der Waals surface area (Å²) >= 11 is 0. The Morgan fingerprint density at radius 3 is 2.38 bits per heavy atom. The van der Waals surface area contributed by atoms with E-state index in [2.05, 4.69) is 50.8 Å². The third-order valence-corrected chi connectivity index (χ3v) is 4.23. The van der Waals surface area contributed by atoms with Crippen molar-refractivity contribution in [2.75, 3.05) is 26.8 Å². The Balaban J connectivity index is 2.80. The second-order valence-corrected chi connectivity index (χ2v) is 5.83. The highest BCUT2D eigenvalue weighted by atomic mass is 16.5. The van der Waals surface area contributed by atoms with Crippen molar-refractivity contribution in [1.29, 1.82) is 0 Å². The first-order valence-electron chi connectivity index (χ1n) is 8.01. The number of aliphatic hydroxyl groups is 1. The first-order chi connectivity index (χ1) is 10.0. The summed E-state index contributed by atoms with van der Waals surface area (Å²) in [5.74, 6) is 0. The van der Waals surface area contributed by atoms with Crippen LogP contribution in [0.5, 0.6) is 0 Å². The zero-order valence-electron chi connectivity index (χ0n) is 14.2. The highest BCUT2D eigenvalue weighted by Gasteiger charge is 2.20. The lowest BCUT2D eigenvalue weighted by molar-refractivity contribution is 0.0606. The second kappa shape index (κ2) is 9.19. The van der Waals surface area contributed by atoms with Gasteiger partial charge in [-0.05, 0) is 37.8 Å². The van der Waals surface area contributed by atoms with Crippen LogP contribution in [-0.2, 0) is 4.74 Å². The second-order valence-electron chi connectivity index (χ2n) is 5.83. The highest BCUT2D eigenvalue weighted by Crippen LogP contribution is 2.21. The predicted molar refractivity (Wildman–Crippen MR) is 88.7 cm³/mol. The lowest BCUT2D eigenvalue weighted by atomic mass is 10.00. The Morgan fingerprint density at radius 1 is 1.19 bits per heavy atom. The molecule has 3 nitrogen and oxygen atoms in total. The molecule has 0 saturated heterocycles. The van der Waals surface area contributed by atoms with Gasteiger partial charge in [-0.25, -0.2) is 0 Å². The summed E-state index contributed by atoms with van der Waals surface area (Å²) in [6.45, 7) is 10.8. The number of aryl methyl sites for hydroxylation is 2. The average Bonchev–Trinajstić information content (AvgIpc) is 2.45. The molecule has 120 valence electrons. The van der Waals surface area contributed by atoms with E-state index in [4.69, 9.17) is 4.74 Å². The molecule has 0 aromatic heterocycles. The Kier molecular flexibility index (Phi) is 7.94. The van der Waals surface area contributed by atoms with Crippen molar-refractivity contribution in [1.82, 2.24) is 4.90 Å². The number of rotatable bonds is 9. The largest absolute Gasteiger partial charge is 0.387 e. The normalized spacial score (nSPS) is 13.1. The number of ether oxygens (including phenoxy) is 1. The molecule has 1 aromatic rings. The Hall–Kier alpha value is -0.900. The average molecular weight is 293 g/mol. The van der Waals surface area contributed by atoms with Gasteiger partial charge in [0.05, 0.1) is 12.7 Å². The minimum Gasteiger partial charge on any atom is -0.387 e. The molecule has 21 heavy (non-hydrogen) atoms. The maximum Gasteiger partial charge on any atom is 0.0919 e. The third kappa shape index (κ3) is 5.42. The molecule has 0 aliphatic heterocycles. The molecule has 3 heteroatoms. The molecule has 1 aromatic carbocycles. The van der Waals surface area contributed by atoms with E-state index < -0.39 is 6.10 Å². The Bertz CT molecular complexity index is 416. The molecule has 0 fully saturated rings. The fraction of sp³-hybridized carbons (Fsp3) is 0.667. The molecule has 1 unspecified atom stereocenters. The summed E-state index contributed by atoms with van der Waals surface area (Å²) in [5, 5.41) is 10.6. The van der Waals surface area contributed by atoms with Crippen molar-refractivity contribution in [3.8, 4) is 0 Å². The maximum atomic E-state index is 10.6. The van der Waals surface area contributed by atoms with Crippen LogP contribution < -0.4 is 0 Å². The van der Waals surface area contributed by atoms with Gasteiger partial charge in [0.1, 0.15) is 0 Å². The molecule has 0 heterocycles. The molecule has 1 rings (SSSR count). The van der Waals surface area contributed by atoms with Gasteiger partial charge in [-0.15, -0.1) is 0 Å². The molecule has 0 aliphatic carbocycles. The Labute approximate surface area is 129 Å². The molecule has 0 aliphatic rings. The highest BCUT2D eigenvalue weighted by molar-refractivity contribution is 5.32. The van der Waals surface area contributed by atoms with Gasteiger partial charge in [-0.3, -0.25) is 4.90 Å². The zero-order chi connectivity index (χ0) is 15.8. The van der Waals surface area contributed by atoms with Crippen molar-refractivity contribution >= 4 is 0 Å². The van der Waals surface area contributed by atoms with Gasteiger partial charge in [0.25, 0.3) is 0 Å². The smallest absolute Gasteiger partial charge is 0.0919 e. The summed E-state index contributed by atoms with van der Waals surface area (Å²) in [7, 11) is 1.73. The van der Waals surface area contributed by atoms with E-state index in [9.17, 15) is 5.11 Å². The van der Waals surface area contributed by atoms with E-state index in [0.717, 1.165) is 24.9 Å². The molecular weight excluding hydrogens is 262 g/mol. The van der Waals surface area contributed by atoms with E-state index in [1.807, 2.05) is 0 Å². The molecule has 0 radical (unpaired) electrons. The van der Waals surface area contributed by atoms with Gasteiger partial charge in [0, 0.05) is 26.2 Å². The van der Waals surface area contributed by atoms with Gasteiger partial charge in [-0.2, -0.15) is 0 Å². The molecule has 1 N–H and O–H groups in total. The quantitative estimate of drug-likeness (QED) is 0.756. The lowest BCUT2D eigenvalue weighted by Gasteiger charge is -2.32. The fourth-order valence-corrected chi connectivity index (χ4v) is 2.96. The number of nitrogens with zero attached hydrogens (tertiary/aromatic N) is 1. The lowest BCUT2D eigenvalue weighted by Crippen LogP contribution is -2.40.